The molecule has 2 aromatic carbocycles. The maximum atomic E-state index is 12.4. The Morgan fingerprint density at radius 1 is 1.14 bits per heavy atom. The van der Waals surface area contributed by atoms with E-state index in [1.54, 1.807) is 0 Å². The smallest absolute Gasteiger partial charge is 0.244 e. The van der Waals surface area contributed by atoms with E-state index in [1.165, 1.54) is 0 Å². The number of nitrogens with one attached hydrogen (secondary N) is 1. The highest BCUT2D eigenvalue weighted by Gasteiger charge is 2.21. The van der Waals surface area contributed by atoms with Gasteiger partial charge in [0.1, 0.15) is 6.54 Å². The van der Waals surface area contributed by atoms with Crippen molar-refractivity contribution in [3.63, 3.8) is 0 Å². The first kappa shape index (κ1) is 22.3. The van der Waals surface area contributed by atoms with Crippen LogP contribution < -0.4 is 16.0 Å². The fraction of sp³-hybridized carbons (Fsp3) is 0.300. The molecule has 3 rings (SSSR count). The van der Waals surface area contributed by atoms with Crippen LogP contribution in [0.1, 0.15) is 5.56 Å². The standard InChI is InChI=1S/C20H24ClN5O.HI/c1-15-3-2-4-17(13-15)24-20(22)23-14-19(27)26-11-9-25(10-12-26)18-7-5-16(21)6-8-18;/h2-8,13H,9-12,14H2,1H3,(H3,22,23,24);1H. The van der Waals surface area contributed by atoms with Crippen LogP contribution in [0.5, 0.6) is 0 Å². The van der Waals surface area contributed by atoms with Gasteiger partial charge in [-0.1, -0.05) is 23.7 Å². The molecule has 1 amide bonds. The molecule has 6 nitrogen and oxygen atoms in total. The van der Waals surface area contributed by atoms with Gasteiger partial charge in [0, 0.05) is 42.6 Å². The molecular formula is C20H25ClIN5O. The summed E-state index contributed by atoms with van der Waals surface area (Å²) in [7, 11) is 0. The lowest BCUT2D eigenvalue weighted by atomic mass is 10.2. The number of guanidine groups is 1. The van der Waals surface area contributed by atoms with Crippen molar-refractivity contribution in [2.24, 2.45) is 10.7 Å². The summed E-state index contributed by atoms with van der Waals surface area (Å²) in [5.74, 6) is 0.230. The van der Waals surface area contributed by atoms with Crippen LogP contribution in [0.3, 0.4) is 0 Å². The minimum absolute atomic E-state index is 0. The Morgan fingerprint density at radius 3 is 2.46 bits per heavy atom. The molecule has 150 valence electrons. The number of benzene rings is 2. The second-order valence-corrected chi connectivity index (χ2v) is 6.98. The average molecular weight is 514 g/mol. The lowest BCUT2D eigenvalue weighted by Crippen LogP contribution is -2.49. The van der Waals surface area contributed by atoms with E-state index in [0.29, 0.717) is 13.1 Å². The topological polar surface area (TPSA) is 74.0 Å². The molecule has 0 spiro atoms. The van der Waals surface area contributed by atoms with Crippen LogP contribution in [0.25, 0.3) is 0 Å². The summed E-state index contributed by atoms with van der Waals surface area (Å²) in [5, 5.41) is 3.74. The van der Waals surface area contributed by atoms with Crippen molar-refractivity contribution in [2.45, 2.75) is 6.92 Å². The molecule has 0 atom stereocenters. The summed E-state index contributed by atoms with van der Waals surface area (Å²) in [6.45, 7) is 4.96. The minimum atomic E-state index is -0.0141. The Kier molecular flexibility index (Phi) is 8.37. The highest BCUT2D eigenvalue weighted by Crippen LogP contribution is 2.19. The van der Waals surface area contributed by atoms with Gasteiger partial charge in [-0.3, -0.25) is 4.79 Å². The molecule has 1 fully saturated rings. The van der Waals surface area contributed by atoms with E-state index >= 15 is 0 Å². The molecule has 1 heterocycles. The van der Waals surface area contributed by atoms with Gasteiger partial charge in [-0.05, 0) is 48.9 Å². The van der Waals surface area contributed by atoms with Gasteiger partial charge in [0.2, 0.25) is 5.91 Å². The lowest BCUT2D eigenvalue weighted by molar-refractivity contribution is -0.129. The van der Waals surface area contributed by atoms with Gasteiger partial charge >= 0.3 is 0 Å². The number of hydrogen-bond acceptors (Lipinski definition) is 3. The first-order valence-electron chi connectivity index (χ1n) is 8.93. The Morgan fingerprint density at radius 2 is 1.82 bits per heavy atom. The summed E-state index contributed by atoms with van der Waals surface area (Å²) in [5.41, 5.74) is 9.00. The summed E-state index contributed by atoms with van der Waals surface area (Å²) in [6.07, 6.45) is 0. The number of halogens is 2. The van der Waals surface area contributed by atoms with Crippen molar-refractivity contribution in [1.82, 2.24) is 4.90 Å². The van der Waals surface area contributed by atoms with Gasteiger partial charge in [-0.25, -0.2) is 4.99 Å². The summed E-state index contributed by atoms with van der Waals surface area (Å²) in [6, 6.07) is 15.6. The zero-order chi connectivity index (χ0) is 19.2. The molecule has 0 radical (unpaired) electrons. The molecule has 1 saturated heterocycles. The normalized spacial score (nSPS) is 14.4. The number of amides is 1. The maximum absolute atomic E-state index is 12.4. The number of nitrogens with zero attached hydrogens (tertiary/aromatic N) is 3. The molecular weight excluding hydrogens is 489 g/mol. The van der Waals surface area contributed by atoms with Crippen molar-refractivity contribution in [3.05, 3.63) is 59.1 Å². The average Bonchev–Trinajstić information content (AvgIpc) is 2.67. The molecule has 28 heavy (non-hydrogen) atoms. The molecule has 0 bridgehead atoms. The monoisotopic (exact) mass is 513 g/mol. The Balaban J connectivity index is 0.00000280. The van der Waals surface area contributed by atoms with Gasteiger partial charge in [0.25, 0.3) is 0 Å². The SMILES string of the molecule is Cc1cccc(NC(N)=NCC(=O)N2CCN(c3ccc(Cl)cc3)CC2)c1.I. The van der Waals surface area contributed by atoms with Crippen LogP contribution in [-0.2, 0) is 4.79 Å². The predicted molar refractivity (Wildman–Crippen MR) is 127 cm³/mol. The van der Waals surface area contributed by atoms with Crippen LogP contribution >= 0.6 is 35.6 Å². The second kappa shape index (κ2) is 10.5. The van der Waals surface area contributed by atoms with Crippen LogP contribution in [-0.4, -0.2) is 49.5 Å². The van der Waals surface area contributed by atoms with E-state index in [4.69, 9.17) is 17.3 Å². The van der Waals surface area contributed by atoms with Crippen molar-refractivity contribution in [1.29, 1.82) is 0 Å². The van der Waals surface area contributed by atoms with E-state index in [0.717, 1.165) is 35.1 Å². The lowest BCUT2D eigenvalue weighted by Gasteiger charge is -2.36. The van der Waals surface area contributed by atoms with Gasteiger partial charge < -0.3 is 20.9 Å². The molecule has 0 aliphatic carbocycles. The van der Waals surface area contributed by atoms with E-state index in [1.807, 2.05) is 60.4 Å². The Labute approximate surface area is 187 Å². The predicted octanol–water partition coefficient (Wildman–Crippen LogP) is 3.34. The first-order valence-corrected chi connectivity index (χ1v) is 9.31. The number of anilines is 2. The van der Waals surface area contributed by atoms with Crippen LogP contribution in [0.4, 0.5) is 11.4 Å². The quantitative estimate of drug-likeness (QED) is 0.374. The second-order valence-electron chi connectivity index (χ2n) is 6.54. The van der Waals surface area contributed by atoms with Crippen LogP contribution in [0, 0.1) is 6.92 Å². The van der Waals surface area contributed by atoms with E-state index < -0.39 is 0 Å². The fourth-order valence-corrected chi connectivity index (χ4v) is 3.15. The van der Waals surface area contributed by atoms with Crippen molar-refractivity contribution >= 4 is 58.8 Å². The zero-order valence-corrected chi connectivity index (χ0v) is 18.9. The molecule has 0 aromatic heterocycles. The van der Waals surface area contributed by atoms with Crippen LogP contribution in [0.2, 0.25) is 5.02 Å². The number of carbonyl (C=O) groups excluding carboxylic acids is 1. The number of aryl methyl sites for hydroxylation is 1. The highest BCUT2D eigenvalue weighted by atomic mass is 127. The van der Waals surface area contributed by atoms with Crippen LogP contribution in [0.15, 0.2) is 53.5 Å². The van der Waals surface area contributed by atoms with Crippen molar-refractivity contribution in [2.75, 3.05) is 42.9 Å². The summed E-state index contributed by atoms with van der Waals surface area (Å²) < 4.78 is 0. The molecule has 2 aromatic rings. The zero-order valence-electron chi connectivity index (χ0n) is 15.8. The summed E-state index contributed by atoms with van der Waals surface area (Å²) >= 11 is 5.94. The molecule has 1 aliphatic heterocycles. The number of nitrogens with two attached hydrogens (primary N) is 1. The third-order valence-electron chi connectivity index (χ3n) is 4.50. The number of carbonyl (C=O) groups is 1. The Hall–Kier alpha value is -2.00. The van der Waals surface area contributed by atoms with Crippen molar-refractivity contribution < 1.29 is 4.79 Å². The summed E-state index contributed by atoms with van der Waals surface area (Å²) in [4.78, 5) is 20.6. The third kappa shape index (κ3) is 6.27. The minimum Gasteiger partial charge on any atom is -0.370 e. The van der Waals surface area contributed by atoms with Gasteiger partial charge in [-0.2, -0.15) is 0 Å². The molecule has 3 N–H and O–H groups in total. The third-order valence-corrected chi connectivity index (χ3v) is 4.75. The van der Waals surface area contributed by atoms with E-state index in [9.17, 15) is 4.79 Å². The van der Waals surface area contributed by atoms with Crippen molar-refractivity contribution in [3.8, 4) is 0 Å². The molecule has 0 saturated carbocycles. The first-order chi connectivity index (χ1) is 13.0. The van der Waals surface area contributed by atoms with Gasteiger partial charge in [0.05, 0.1) is 0 Å². The number of rotatable bonds is 4. The van der Waals surface area contributed by atoms with E-state index in [-0.39, 0.29) is 42.4 Å². The molecule has 1 aliphatic rings. The van der Waals surface area contributed by atoms with Gasteiger partial charge in [0.15, 0.2) is 5.96 Å². The van der Waals surface area contributed by atoms with Gasteiger partial charge in [-0.15, -0.1) is 24.0 Å². The Bertz CT molecular complexity index is 820. The largest absolute Gasteiger partial charge is 0.370 e. The molecule has 0 unspecified atom stereocenters. The number of aliphatic imine (C=N–C) groups is 1. The fourth-order valence-electron chi connectivity index (χ4n) is 3.03. The highest BCUT2D eigenvalue weighted by molar-refractivity contribution is 14.0. The number of piperazine rings is 1. The number of hydrogen-bond donors (Lipinski definition) is 2. The van der Waals surface area contributed by atoms with E-state index in [2.05, 4.69) is 15.2 Å². The maximum Gasteiger partial charge on any atom is 0.244 e. The molecule has 8 heteroatoms.